The summed E-state index contributed by atoms with van der Waals surface area (Å²) in [6, 6.07) is 5.80. The first-order valence-electron chi connectivity index (χ1n) is 5.85. The van der Waals surface area contributed by atoms with E-state index in [2.05, 4.69) is 5.32 Å². The van der Waals surface area contributed by atoms with Gasteiger partial charge in [-0.1, -0.05) is 17.7 Å². The standard InChI is InChI=1S/C13H18ClNO/c1-10-2-3-12(14)8-13(10)16-9-11-4-6-15-7-5-11/h2-3,8,11,15H,4-7,9H2,1H3. The molecule has 0 bridgehead atoms. The molecule has 2 nitrogen and oxygen atoms in total. The van der Waals surface area contributed by atoms with E-state index in [-0.39, 0.29) is 0 Å². The Morgan fingerprint density at radius 2 is 2.12 bits per heavy atom. The van der Waals surface area contributed by atoms with E-state index in [1.54, 1.807) is 0 Å². The number of hydrogen-bond donors (Lipinski definition) is 1. The lowest BCUT2D eigenvalue weighted by Crippen LogP contribution is -2.30. The number of aryl methyl sites for hydroxylation is 1. The molecule has 0 amide bonds. The van der Waals surface area contributed by atoms with Crippen molar-refractivity contribution in [2.45, 2.75) is 19.8 Å². The third kappa shape index (κ3) is 3.13. The van der Waals surface area contributed by atoms with Crippen LogP contribution in [-0.4, -0.2) is 19.7 Å². The third-order valence-electron chi connectivity index (χ3n) is 3.08. The fraction of sp³-hybridized carbons (Fsp3) is 0.538. The highest BCUT2D eigenvalue weighted by Gasteiger charge is 2.14. The van der Waals surface area contributed by atoms with Crippen molar-refractivity contribution in [3.05, 3.63) is 28.8 Å². The van der Waals surface area contributed by atoms with Crippen LogP contribution >= 0.6 is 11.6 Å². The fourth-order valence-corrected chi connectivity index (χ4v) is 2.15. The van der Waals surface area contributed by atoms with Crippen LogP contribution in [0.25, 0.3) is 0 Å². The molecule has 1 heterocycles. The van der Waals surface area contributed by atoms with Crippen LogP contribution in [0.2, 0.25) is 5.02 Å². The molecule has 1 aromatic rings. The summed E-state index contributed by atoms with van der Waals surface area (Å²) in [4.78, 5) is 0. The minimum atomic E-state index is 0.680. The number of benzene rings is 1. The van der Waals surface area contributed by atoms with Crippen LogP contribution in [0, 0.1) is 12.8 Å². The lowest BCUT2D eigenvalue weighted by Gasteiger charge is -2.23. The highest BCUT2D eigenvalue weighted by molar-refractivity contribution is 6.30. The average molecular weight is 240 g/mol. The fourth-order valence-electron chi connectivity index (χ4n) is 1.99. The molecular formula is C13H18ClNO. The molecule has 0 unspecified atom stereocenters. The molecule has 0 spiro atoms. The van der Waals surface area contributed by atoms with Gasteiger partial charge in [-0.05, 0) is 56.5 Å². The van der Waals surface area contributed by atoms with Crippen LogP contribution in [0.15, 0.2) is 18.2 Å². The minimum Gasteiger partial charge on any atom is -0.493 e. The summed E-state index contributed by atoms with van der Waals surface area (Å²) >= 11 is 5.95. The smallest absolute Gasteiger partial charge is 0.123 e. The molecule has 1 aliphatic heterocycles. The maximum atomic E-state index is 5.95. The van der Waals surface area contributed by atoms with E-state index in [4.69, 9.17) is 16.3 Å². The van der Waals surface area contributed by atoms with E-state index >= 15 is 0 Å². The van der Waals surface area contributed by atoms with E-state index < -0.39 is 0 Å². The molecule has 2 rings (SSSR count). The van der Waals surface area contributed by atoms with Gasteiger partial charge < -0.3 is 10.1 Å². The van der Waals surface area contributed by atoms with Crippen LogP contribution in [-0.2, 0) is 0 Å². The van der Waals surface area contributed by atoms with E-state index in [0.717, 1.165) is 36.0 Å². The van der Waals surface area contributed by atoms with Gasteiger partial charge in [-0.15, -0.1) is 0 Å². The van der Waals surface area contributed by atoms with Gasteiger partial charge in [0.05, 0.1) is 6.61 Å². The van der Waals surface area contributed by atoms with Gasteiger partial charge in [-0.3, -0.25) is 0 Å². The molecule has 3 heteroatoms. The number of piperidine rings is 1. The second kappa shape index (κ2) is 5.55. The Hall–Kier alpha value is -0.730. The molecule has 0 atom stereocenters. The molecule has 1 saturated heterocycles. The lowest BCUT2D eigenvalue weighted by atomic mass is 9.99. The molecular weight excluding hydrogens is 222 g/mol. The lowest BCUT2D eigenvalue weighted by molar-refractivity contribution is 0.214. The second-order valence-electron chi connectivity index (χ2n) is 4.41. The summed E-state index contributed by atoms with van der Waals surface area (Å²) in [5, 5.41) is 4.10. The molecule has 1 fully saturated rings. The van der Waals surface area contributed by atoms with Crippen molar-refractivity contribution in [1.29, 1.82) is 0 Å². The molecule has 0 aromatic heterocycles. The van der Waals surface area contributed by atoms with Crippen molar-refractivity contribution in [2.24, 2.45) is 5.92 Å². The van der Waals surface area contributed by atoms with E-state index in [1.165, 1.54) is 12.8 Å². The number of halogens is 1. The van der Waals surface area contributed by atoms with Crippen molar-refractivity contribution in [1.82, 2.24) is 5.32 Å². The van der Waals surface area contributed by atoms with Gasteiger partial charge in [0, 0.05) is 5.02 Å². The Kier molecular flexibility index (Phi) is 4.08. The SMILES string of the molecule is Cc1ccc(Cl)cc1OCC1CCNCC1. The Bertz CT molecular complexity index is 348. The maximum Gasteiger partial charge on any atom is 0.123 e. The average Bonchev–Trinajstić information content (AvgIpc) is 2.32. The first kappa shape index (κ1) is 11.7. The zero-order chi connectivity index (χ0) is 11.4. The first-order valence-corrected chi connectivity index (χ1v) is 6.23. The third-order valence-corrected chi connectivity index (χ3v) is 3.32. The number of rotatable bonds is 3. The van der Waals surface area contributed by atoms with Gasteiger partial charge in [0.1, 0.15) is 5.75 Å². The highest BCUT2D eigenvalue weighted by Crippen LogP contribution is 2.24. The minimum absolute atomic E-state index is 0.680. The molecule has 1 aliphatic rings. The number of nitrogens with one attached hydrogen (secondary N) is 1. The summed E-state index contributed by atoms with van der Waals surface area (Å²) in [5.74, 6) is 1.60. The number of ether oxygens (including phenoxy) is 1. The van der Waals surface area contributed by atoms with Crippen molar-refractivity contribution >= 4 is 11.6 Å². The summed E-state index contributed by atoms with van der Waals surface area (Å²) < 4.78 is 5.84. The quantitative estimate of drug-likeness (QED) is 0.876. The molecule has 1 N–H and O–H groups in total. The molecule has 0 saturated carbocycles. The van der Waals surface area contributed by atoms with Gasteiger partial charge >= 0.3 is 0 Å². The molecule has 0 radical (unpaired) electrons. The van der Waals surface area contributed by atoms with Crippen molar-refractivity contribution in [3.63, 3.8) is 0 Å². The second-order valence-corrected chi connectivity index (χ2v) is 4.85. The predicted octanol–water partition coefficient (Wildman–Crippen LogP) is 3.03. The van der Waals surface area contributed by atoms with Crippen LogP contribution in [0.5, 0.6) is 5.75 Å². The Labute approximate surface area is 102 Å². The van der Waals surface area contributed by atoms with Gasteiger partial charge in [0.25, 0.3) is 0 Å². The van der Waals surface area contributed by atoms with Crippen molar-refractivity contribution in [3.8, 4) is 5.75 Å². The topological polar surface area (TPSA) is 21.3 Å². The summed E-state index contributed by atoms with van der Waals surface area (Å²) in [6.07, 6.45) is 2.42. The van der Waals surface area contributed by atoms with E-state index in [1.807, 2.05) is 25.1 Å². The van der Waals surface area contributed by atoms with E-state index in [9.17, 15) is 0 Å². The molecule has 1 aromatic carbocycles. The monoisotopic (exact) mass is 239 g/mol. The highest BCUT2D eigenvalue weighted by atomic mass is 35.5. The zero-order valence-electron chi connectivity index (χ0n) is 9.63. The first-order chi connectivity index (χ1) is 7.75. The molecule has 0 aliphatic carbocycles. The zero-order valence-corrected chi connectivity index (χ0v) is 10.4. The van der Waals surface area contributed by atoms with Gasteiger partial charge in [-0.25, -0.2) is 0 Å². The Morgan fingerprint density at radius 1 is 1.38 bits per heavy atom. The molecule has 16 heavy (non-hydrogen) atoms. The summed E-state index contributed by atoms with van der Waals surface area (Å²) in [6.45, 7) is 5.09. The van der Waals surface area contributed by atoms with Crippen LogP contribution in [0.1, 0.15) is 18.4 Å². The van der Waals surface area contributed by atoms with Crippen molar-refractivity contribution in [2.75, 3.05) is 19.7 Å². The molecule has 88 valence electrons. The van der Waals surface area contributed by atoms with Crippen LogP contribution < -0.4 is 10.1 Å². The number of hydrogen-bond acceptors (Lipinski definition) is 2. The summed E-state index contributed by atoms with van der Waals surface area (Å²) in [5.41, 5.74) is 1.15. The normalized spacial score (nSPS) is 17.4. The van der Waals surface area contributed by atoms with Gasteiger partial charge in [-0.2, -0.15) is 0 Å². The van der Waals surface area contributed by atoms with Crippen LogP contribution in [0.4, 0.5) is 0 Å². The largest absolute Gasteiger partial charge is 0.493 e. The van der Waals surface area contributed by atoms with E-state index in [0.29, 0.717) is 5.92 Å². The van der Waals surface area contributed by atoms with Crippen molar-refractivity contribution < 1.29 is 4.74 Å². The maximum absolute atomic E-state index is 5.95. The van der Waals surface area contributed by atoms with Gasteiger partial charge in [0.2, 0.25) is 0 Å². The predicted molar refractivity (Wildman–Crippen MR) is 67.3 cm³/mol. The van der Waals surface area contributed by atoms with Crippen LogP contribution in [0.3, 0.4) is 0 Å². The summed E-state index contributed by atoms with van der Waals surface area (Å²) in [7, 11) is 0. The Balaban J connectivity index is 1.90. The Morgan fingerprint density at radius 3 is 2.88 bits per heavy atom. The van der Waals surface area contributed by atoms with Gasteiger partial charge in [0.15, 0.2) is 0 Å².